The van der Waals surface area contributed by atoms with E-state index in [0.717, 1.165) is 11.3 Å². The maximum Gasteiger partial charge on any atom is 0.161 e. The van der Waals surface area contributed by atoms with Crippen LogP contribution in [-0.4, -0.2) is 49.1 Å². The summed E-state index contributed by atoms with van der Waals surface area (Å²) in [6.07, 6.45) is 1.06. The van der Waals surface area contributed by atoms with Gasteiger partial charge in [0.1, 0.15) is 5.76 Å². The zero-order valence-corrected chi connectivity index (χ0v) is 16.9. The average Bonchev–Trinajstić information content (AvgIpc) is 3.12. The third-order valence-electron chi connectivity index (χ3n) is 3.99. The SMILES string of the molecule is COc1ccc(CN(Cc2ccco2)CC(O)COC(C)(C)C)cc1OC. The monoisotopic (exact) mass is 377 g/mol. The van der Waals surface area contributed by atoms with Gasteiger partial charge in [-0.1, -0.05) is 6.07 Å². The van der Waals surface area contributed by atoms with Gasteiger partial charge in [-0.25, -0.2) is 0 Å². The summed E-state index contributed by atoms with van der Waals surface area (Å²) in [6, 6.07) is 9.63. The molecule has 6 nitrogen and oxygen atoms in total. The molecule has 0 radical (unpaired) electrons. The van der Waals surface area contributed by atoms with Crippen molar-refractivity contribution in [2.45, 2.75) is 45.6 Å². The molecule has 0 fully saturated rings. The third kappa shape index (κ3) is 7.25. The van der Waals surface area contributed by atoms with Crippen LogP contribution in [0.15, 0.2) is 41.0 Å². The molecule has 0 aliphatic rings. The third-order valence-corrected chi connectivity index (χ3v) is 3.99. The molecule has 0 saturated carbocycles. The number of aliphatic hydroxyl groups excluding tert-OH is 1. The Morgan fingerprint density at radius 3 is 2.41 bits per heavy atom. The predicted molar refractivity (Wildman–Crippen MR) is 104 cm³/mol. The van der Waals surface area contributed by atoms with E-state index in [2.05, 4.69) is 4.90 Å². The van der Waals surface area contributed by atoms with Crippen molar-refractivity contribution in [3.05, 3.63) is 47.9 Å². The van der Waals surface area contributed by atoms with E-state index in [0.29, 0.717) is 31.1 Å². The molecule has 2 rings (SSSR count). The first-order valence-electron chi connectivity index (χ1n) is 9.08. The zero-order valence-electron chi connectivity index (χ0n) is 16.9. The number of rotatable bonds is 10. The fraction of sp³-hybridized carbons (Fsp3) is 0.524. The van der Waals surface area contributed by atoms with Gasteiger partial charge in [0.15, 0.2) is 11.5 Å². The molecule has 0 spiro atoms. The molecule has 0 aliphatic heterocycles. The molecular formula is C21H31NO5. The van der Waals surface area contributed by atoms with Crippen LogP contribution < -0.4 is 9.47 Å². The van der Waals surface area contributed by atoms with Crippen LogP contribution in [0.5, 0.6) is 11.5 Å². The van der Waals surface area contributed by atoms with Crippen molar-refractivity contribution >= 4 is 0 Å². The Hall–Kier alpha value is -2.02. The fourth-order valence-electron chi connectivity index (χ4n) is 2.74. The second-order valence-corrected chi connectivity index (χ2v) is 7.52. The summed E-state index contributed by atoms with van der Waals surface area (Å²) < 4.78 is 21.9. The van der Waals surface area contributed by atoms with E-state index in [-0.39, 0.29) is 12.2 Å². The van der Waals surface area contributed by atoms with Crippen LogP contribution in [0.4, 0.5) is 0 Å². The molecule has 1 aromatic carbocycles. The quantitative estimate of drug-likeness (QED) is 0.684. The van der Waals surface area contributed by atoms with Crippen molar-refractivity contribution < 1.29 is 23.7 Å². The van der Waals surface area contributed by atoms with Gasteiger partial charge in [0, 0.05) is 13.1 Å². The zero-order chi connectivity index (χ0) is 19.9. The molecule has 6 heteroatoms. The van der Waals surface area contributed by atoms with E-state index in [1.807, 2.05) is 51.1 Å². The molecular weight excluding hydrogens is 346 g/mol. The van der Waals surface area contributed by atoms with Gasteiger partial charge in [-0.3, -0.25) is 4.90 Å². The molecule has 1 atom stereocenters. The Morgan fingerprint density at radius 1 is 1.07 bits per heavy atom. The van der Waals surface area contributed by atoms with E-state index in [4.69, 9.17) is 18.6 Å². The topological polar surface area (TPSA) is 64.3 Å². The van der Waals surface area contributed by atoms with Gasteiger partial charge < -0.3 is 23.7 Å². The van der Waals surface area contributed by atoms with Crippen molar-refractivity contribution in [2.24, 2.45) is 0 Å². The maximum atomic E-state index is 10.4. The number of furan rings is 1. The van der Waals surface area contributed by atoms with E-state index in [1.165, 1.54) is 0 Å². The molecule has 1 unspecified atom stereocenters. The minimum atomic E-state index is -0.598. The standard InChI is InChI=1S/C21H31NO5/c1-21(2,3)27-15-17(23)13-22(14-18-7-6-10-26-18)12-16-8-9-19(24-4)20(11-16)25-5/h6-11,17,23H,12-15H2,1-5H3. The highest BCUT2D eigenvalue weighted by atomic mass is 16.5. The average molecular weight is 377 g/mol. The van der Waals surface area contributed by atoms with Gasteiger partial charge in [0.2, 0.25) is 0 Å². The molecule has 27 heavy (non-hydrogen) atoms. The first kappa shape index (κ1) is 21.3. The Bertz CT molecular complexity index is 678. The van der Waals surface area contributed by atoms with Gasteiger partial charge >= 0.3 is 0 Å². The lowest BCUT2D eigenvalue weighted by Gasteiger charge is -2.27. The van der Waals surface area contributed by atoms with Crippen LogP contribution in [-0.2, 0) is 17.8 Å². The molecule has 2 aromatic rings. The summed E-state index contributed by atoms with van der Waals surface area (Å²) >= 11 is 0. The van der Waals surface area contributed by atoms with Gasteiger partial charge in [-0.2, -0.15) is 0 Å². The Balaban J connectivity index is 2.08. The normalized spacial score (nSPS) is 13.0. The molecule has 0 bridgehead atoms. The minimum absolute atomic E-state index is 0.282. The smallest absolute Gasteiger partial charge is 0.161 e. The summed E-state index contributed by atoms with van der Waals surface area (Å²) in [5.41, 5.74) is 0.777. The highest BCUT2D eigenvalue weighted by Gasteiger charge is 2.18. The minimum Gasteiger partial charge on any atom is -0.493 e. The van der Waals surface area contributed by atoms with Crippen molar-refractivity contribution in [3.63, 3.8) is 0 Å². The van der Waals surface area contributed by atoms with E-state index >= 15 is 0 Å². The fourth-order valence-corrected chi connectivity index (χ4v) is 2.74. The number of aliphatic hydroxyl groups is 1. The van der Waals surface area contributed by atoms with Crippen LogP contribution in [0, 0.1) is 0 Å². The molecule has 0 saturated heterocycles. The summed E-state index contributed by atoms with van der Waals surface area (Å²) in [5.74, 6) is 2.22. The number of ether oxygens (including phenoxy) is 3. The van der Waals surface area contributed by atoms with Gasteiger partial charge in [0.25, 0.3) is 0 Å². The molecule has 0 amide bonds. The molecule has 1 heterocycles. The molecule has 0 aliphatic carbocycles. The summed E-state index contributed by atoms with van der Waals surface area (Å²) in [7, 11) is 3.24. The van der Waals surface area contributed by atoms with E-state index < -0.39 is 6.10 Å². The number of hydrogen-bond acceptors (Lipinski definition) is 6. The van der Waals surface area contributed by atoms with Crippen LogP contribution in [0.3, 0.4) is 0 Å². The van der Waals surface area contributed by atoms with Crippen molar-refractivity contribution in [1.29, 1.82) is 0 Å². The summed E-state index contributed by atoms with van der Waals surface area (Å²) in [5, 5.41) is 10.4. The Kier molecular flexibility index (Phi) is 7.71. The lowest BCUT2D eigenvalue weighted by molar-refractivity contribution is -0.0576. The second kappa shape index (κ2) is 9.78. The van der Waals surface area contributed by atoms with Crippen molar-refractivity contribution in [1.82, 2.24) is 4.90 Å². The highest BCUT2D eigenvalue weighted by Crippen LogP contribution is 2.28. The Labute approximate surface area is 161 Å². The van der Waals surface area contributed by atoms with Crippen LogP contribution in [0.2, 0.25) is 0 Å². The second-order valence-electron chi connectivity index (χ2n) is 7.52. The van der Waals surface area contributed by atoms with Crippen molar-refractivity contribution in [2.75, 3.05) is 27.4 Å². The first-order chi connectivity index (χ1) is 12.8. The highest BCUT2D eigenvalue weighted by molar-refractivity contribution is 5.42. The Morgan fingerprint density at radius 2 is 1.81 bits per heavy atom. The molecule has 1 N–H and O–H groups in total. The van der Waals surface area contributed by atoms with Gasteiger partial charge in [-0.05, 0) is 50.6 Å². The van der Waals surface area contributed by atoms with E-state index in [1.54, 1.807) is 20.5 Å². The number of methoxy groups -OCH3 is 2. The number of hydrogen-bond donors (Lipinski definition) is 1. The molecule has 1 aromatic heterocycles. The lowest BCUT2D eigenvalue weighted by Crippen LogP contribution is -2.36. The number of benzene rings is 1. The van der Waals surface area contributed by atoms with Crippen LogP contribution in [0.25, 0.3) is 0 Å². The number of nitrogens with zero attached hydrogens (tertiary/aromatic N) is 1. The van der Waals surface area contributed by atoms with Crippen LogP contribution in [0.1, 0.15) is 32.1 Å². The predicted octanol–water partition coefficient (Wildman–Crippen LogP) is 3.48. The largest absolute Gasteiger partial charge is 0.493 e. The van der Waals surface area contributed by atoms with Gasteiger partial charge in [0.05, 0.1) is 45.3 Å². The summed E-state index contributed by atoms with van der Waals surface area (Å²) in [4.78, 5) is 2.12. The van der Waals surface area contributed by atoms with E-state index in [9.17, 15) is 5.11 Å². The van der Waals surface area contributed by atoms with Crippen LogP contribution >= 0.6 is 0 Å². The maximum absolute atomic E-state index is 10.4. The first-order valence-corrected chi connectivity index (χ1v) is 9.08. The molecule has 150 valence electrons. The lowest BCUT2D eigenvalue weighted by atomic mass is 10.1. The van der Waals surface area contributed by atoms with Crippen molar-refractivity contribution in [3.8, 4) is 11.5 Å². The summed E-state index contributed by atoms with van der Waals surface area (Å²) in [6.45, 7) is 7.90. The van der Waals surface area contributed by atoms with Gasteiger partial charge in [-0.15, -0.1) is 0 Å².